The standard InChI is InChI=1S/C13H20ClN/c1-5-7-8-11(9-13(14)15)12(6-2)10(3)4/h6,9,15H,3,5,7-8H2,1-2,4H3/b11-9-,12-6-,15-13?. The lowest BCUT2D eigenvalue weighted by molar-refractivity contribution is 0.793. The molecule has 0 aliphatic heterocycles. The third-order valence-corrected chi connectivity index (χ3v) is 2.30. The number of allylic oxidation sites excluding steroid dienone is 5. The fraction of sp³-hybridized carbons (Fsp3) is 0.462. The summed E-state index contributed by atoms with van der Waals surface area (Å²) in [5.74, 6) is 0. The molecule has 0 saturated heterocycles. The van der Waals surface area contributed by atoms with Crippen LogP contribution in [-0.2, 0) is 0 Å². The van der Waals surface area contributed by atoms with Crippen LogP contribution in [0.15, 0.2) is 35.5 Å². The summed E-state index contributed by atoms with van der Waals surface area (Å²) in [6, 6.07) is 0. The maximum absolute atomic E-state index is 7.30. The molecule has 0 spiro atoms. The molecule has 1 nitrogen and oxygen atoms in total. The highest BCUT2D eigenvalue weighted by atomic mass is 35.5. The van der Waals surface area contributed by atoms with Gasteiger partial charge in [-0.05, 0) is 43.9 Å². The summed E-state index contributed by atoms with van der Waals surface area (Å²) in [6.07, 6.45) is 6.96. The predicted octanol–water partition coefficient (Wildman–Crippen LogP) is 4.84. The van der Waals surface area contributed by atoms with Gasteiger partial charge in [0.15, 0.2) is 0 Å². The van der Waals surface area contributed by atoms with E-state index in [0.29, 0.717) is 0 Å². The molecule has 0 atom stereocenters. The lowest BCUT2D eigenvalue weighted by Crippen LogP contribution is -1.94. The van der Waals surface area contributed by atoms with E-state index in [1.165, 1.54) is 0 Å². The molecular weight excluding hydrogens is 206 g/mol. The van der Waals surface area contributed by atoms with Crippen LogP contribution in [0.25, 0.3) is 0 Å². The van der Waals surface area contributed by atoms with E-state index in [2.05, 4.69) is 13.5 Å². The molecule has 0 bridgehead atoms. The molecule has 0 rings (SSSR count). The monoisotopic (exact) mass is 225 g/mol. The van der Waals surface area contributed by atoms with Gasteiger partial charge < -0.3 is 0 Å². The number of hydrogen-bond donors (Lipinski definition) is 1. The first-order valence-electron chi connectivity index (χ1n) is 5.30. The van der Waals surface area contributed by atoms with Crippen LogP contribution >= 0.6 is 11.6 Å². The van der Waals surface area contributed by atoms with E-state index in [9.17, 15) is 0 Å². The van der Waals surface area contributed by atoms with Crippen LogP contribution < -0.4 is 0 Å². The van der Waals surface area contributed by atoms with Crippen molar-refractivity contribution in [3.8, 4) is 0 Å². The second-order valence-corrected chi connectivity index (χ2v) is 4.01. The highest BCUT2D eigenvalue weighted by Crippen LogP contribution is 2.23. The van der Waals surface area contributed by atoms with E-state index in [1.807, 2.05) is 19.9 Å². The van der Waals surface area contributed by atoms with Crippen molar-refractivity contribution in [1.82, 2.24) is 0 Å². The Morgan fingerprint density at radius 3 is 2.40 bits per heavy atom. The van der Waals surface area contributed by atoms with Crippen molar-refractivity contribution in [2.75, 3.05) is 0 Å². The molecule has 84 valence electrons. The summed E-state index contributed by atoms with van der Waals surface area (Å²) in [4.78, 5) is 0. The van der Waals surface area contributed by atoms with Crippen molar-refractivity contribution in [1.29, 1.82) is 5.41 Å². The van der Waals surface area contributed by atoms with Crippen LogP contribution in [0.2, 0.25) is 0 Å². The number of halogens is 1. The van der Waals surface area contributed by atoms with E-state index < -0.39 is 0 Å². The summed E-state index contributed by atoms with van der Waals surface area (Å²) >= 11 is 5.61. The van der Waals surface area contributed by atoms with E-state index in [-0.39, 0.29) is 5.17 Å². The van der Waals surface area contributed by atoms with Gasteiger partial charge >= 0.3 is 0 Å². The molecule has 0 aromatic rings. The molecule has 0 aromatic carbocycles. The molecule has 0 aliphatic carbocycles. The quantitative estimate of drug-likeness (QED) is 0.494. The Bertz CT molecular complexity index is 298. The van der Waals surface area contributed by atoms with Gasteiger partial charge in [0, 0.05) is 0 Å². The number of rotatable bonds is 6. The van der Waals surface area contributed by atoms with Crippen LogP contribution in [0.4, 0.5) is 0 Å². The van der Waals surface area contributed by atoms with Gasteiger partial charge in [-0.15, -0.1) is 0 Å². The third-order valence-electron chi connectivity index (χ3n) is 2.20. The maximum atomic E-state index is 7.30. The van der Waals surface area contributed by atoms with E-state index in [4.69, 9.17) is 17.0 Å². The summed E-state index contributed by atoms with van der Waals surface area (Å²) in [7, 11) is 0. The number of nitrogens with one attached hydrogen (secondary N) is 1. The molecule has 1 N–H and O–H groups in total. The summed E-state index contributed by atoms with van der Waals surface area (Å²) in [5, 5.41) is 7.39. The molecule has 2 heteroatoms. The van der Waals surface area contributed by atoms with Gasteiger partial charge in [0.05, 0.1) is 0 Å². The second-order valence-electron chi connectivity index (χ2n) is 3.60. The summed E-state index contributed by atoms with van der Waals surface area (Å²) < 4.78 is 0. The molecule has 0 fully saturated rings. The molecule has 0 aromatic heterocycles. The second kappa shape index (κ2) is 7.47. The lowest BCUT2D eigenvalue weighted by Gasteiger charge is -2.11. The van der Waals surface area contributed by atoms with E-state index in [1.54, 1.807) is 6.08 Å². The molecule has 0 saturated carbocycles. The van der Waals surface area contributed by atoms with Crippen molar-refractivity contribution in [3.05, 3.63) is 35.5 Å². The van der Waals surface area contributed by atoms with Crippen molar-refractivity contribution in [2.24, 2.45) is 0 Å². The van der Waals surface area contributed by atoms with Crippen molar-refractivity contribution < 1.29 is 0 Å². The van der Waals surface area contributed by atoms with Crippen LogP contribution in [0.1, 0.15) is 40.0 Å². The average molecular weight is 226 g/mol. The molecular formula is C13H20ClN. The molecule has 0 amide bonds. The van der Waals surface area contributed by atoms with Gasteiger partial charge in [0.25, 0.3) is 0 Å². The van der Waals surface area contributed by atoms with Crippen molar-refractivity contribution >= 4 is 16.8 Å². The zero-order valence-corrected chi connectivity index (χ0v) is 10.6. The normalized spacial score (nSPS) is 12.8. The lowest BCUT2D eigenvalue weighted by atomic mass is 9.95. The highest BCUT2D eigenvalue weighted by molar-refractivity contribution is 6.67. The Balaban J connectivity index is 4.92. The van der Waals surface area contributed by atoms with Crippen LogP contribution in [0.3, 0.4) is 0 Å². The Morgan fingerprint density at radius 2 is 2.07 bits per heavy atom. The van der Waals surface area contributed by atoms with Gasteiger partial charge in [0.1, 0.15) is 5.17 Å². The topological polar surface area (TPSA) is 23.9 Å². The van der Waals surface area contributed by atoms with E-state index >= 15 is 0 Å². The van der Waals surface area contributed by atoms with E-state index in [0.717, 1.165) is 36.0 Å². The molecule has 0 unspecified atom stereocenters. The predicted molar refractivity (Wildman–Crippen MR) is 69.8 cm³/mol. The van der Waals surface area contributed by atoms with Gasteiger partial charge in [0.2, 0.25) is 0 Å². The van der Waals surface area contributed by atoms with Gasteiger partial charge in [-0.25, -0.2) is 0 Å². The Hall–Kier alpha value is -0.820. The SMILES string of the molecule is C=C(C)C(=C/C)/C(=C\C(=N)Cl)CCCC. The third kappa shape index (κ3) is 5.58. The first-order chi connectivity index (χ1) is 7.02. The minimum Gasteiger partial charge on any atom is -0.289 e. The van der Waals surface area contributed by atoms with Crippen LogP contribution in [0, 0.1) is 5.41 Å². The summed E-state index contributed by atoms with van der Waals surface area (Å²) in [5.41, 5.74) is 3.26. The minimum atomic E-state index is 0.0849. The first kappa shape index (κ1) is 14.2. The Kier molecular flexibility index (Phi) is 7.06. The Morgan fingerprint density at radius 1 is 1.47 bits per heavy atom. The molecule has 0 radical (unpaired) electrons. The largest absolute Gasteiger partial charge is 0.289 e. The molecule has 0 aliphatic rings. The molecule has 0 heterocycles. The molecule has 15 heavy (non-hydrogen) atoms. The zero-order valence-electron chi connectivity index (χ0n) is 9.86. The van der Waals surface area contributed by atoms with Crippen molar-refractivity contribution in [3.63, 3.8) is 0 Å². The zero-order chi connectivity index (χ0) is 11.8. The fourth-order valence-electron chi connectivity index (χ4n) is 1.51. The van der Waals surface area contributed by atoms with Gasteiger partial charge in [-0.3, -0.25) is 5.41 Å². The summed E-state index contributed by atoms with van der Waals surface area (Å²) in [6.45, 7) is 10.1. The number of unbranched alkanes of at least 4 members (excludes halogenated alkanes) is 1. The minimum absolute atomic E-state index is 0.0849. The average Bonchev–Trinajstić information content (AvgIpc) is 2.13. The van der Waals surface area contributed by atoms with Crippen LogP contribution in [-0.4, -0.2) is 5.17 Å². The Labute approximate surface area is 98.0 Å². The van der Waals surface area contributed by atoms with Gasteiger partial charge in [-0.1, -0.05) is 43.2 Å². The first-order valence-corrected chi connectivity index (χ1v) is 5.67. The van der Waals surface area contributed by atoms with Crippen molar-refractivity contribution in [2.45, 2.75) is 40.0 Å². The maximum Gasteiger partial charge on any atom is 0.121 e. The smallest absolute Gasteiger partial charge is 0.121 e. The number of hydrogen-bond acceptors (Lipinski definition) is 1. The van der Waals surface area contributed by atoms with Gasteiger partial charge in [-0.2, -0.15) is 0 Å². The highest BCUT2D eigenvalue weighted by Gasteiger charge is 2.05. The fourth-order valence-corrected chi connectivity index (χ4v) is 1.64. The van der Waals surface area contributed by atoms with Crippen LogP contribution in [0.5, 0.6) is 0 Å².